The van der Waals surface area contributed by atoms with Crippen molar-refractivity contribution >= 4 is 5.78 Å². The van der Waals surface area contributed by atoms with Gasteiger partial charge in [-0.05, 0) is 19.4 Å². The Bertz CT molecular complexity index is 143. The summed E-state index contributed by atoms with van der Waals surface area (Å²) >= 11 is 0. The first-order chi connectivity index (χ1) is 4.77. The van der Waals surface area contributed by atoms with Crippen molar-refractivity contribution in [3.05, 3.63) is 24.3 Å². The number of carbonyl (C=O) groups is 1. The third-order valence-electron chi connectivity index (χ3n) is 1.03. The molecule has 56 valence electrons. The Morgan fingerprint density at radius 1 is 1.40 bits per heavy atom. The van der Waals surface area contributed by atoms with Crippen LogP contribution in [-0.4, -0.2) is 5.78 Å². The van der Waals surface area contributed by atoms with E-state index in [1.807, 2.05) is 6.08 Å². The minimum Gasteiger partial charge on any atom is -0.295 e. The molecule has 0 aromatic heterocycles. The third-order valence-corrected chi connectivity index (χ3v) is 1.03. The van der Waals surface area contributed by atoms with E-state index in [4.69, 9.17) is 0 Å². The van der Waals surface area contributed by atoms with Gasteiger partial charge in [0, 0.05) is 0 Å². The molecule has 0 atom stereocenters. The standard InChI is InChI=1S/C9H14O/c1-3-4-5-6-7-8-9(2)10/h5-8H,3-4H2,1-2H3. The Kier molecular flexibility index (Phi) is 5.74. The largest absolute Gasteiger partial charge is 0.295 e. The summed E-state index contributed by atoms with van der Waals surface area (Å²) < 4.78 is 0. The summed E-state index contributed by atoms with van der Waals surface area (Å²) in [6.07, 6.45) is 9.54. The summed E-state index contributed by atoms with van der Waals surface area (Å²) in [5.74, 6) is 0.0983. The SMILES string of the molecule is CCCC=CC=CC(C)=O. The van der Waals surface area contributed by atoms with Gasteiger partial charge in [0.15, 0.2) is 5.78 Å². The van der Waals surface area contributed by atoms with Crippen LogP contribution in [0, 0.1) is 0 Å². The van der Waals surface area contributed by atoms with Crippen LogP contribution >= 0.6 is 0 Å². The van der Waals surface area contributed by atoms with Crippen molar-refractivity contribution in [2.45, 2.75) is 26.7 Å². The summed E-state index contributed by atoms with van der Waals surface area (Å²) in [7, 11) is 0. The van der Waals surface area contributed by atoms with Gasteiger partial charge in [-0.15, -0.1) is 0 Å². The lowest BCUT2D eigenvalue weighted by molar-refractivity contribution is -0.112. The fraction of sp³-hybridized carbons (Fsp3) is 0.444. The summed E-state index contributed by atoms with van der Waals surface area (Å²) in [6, 6.07) is 0. The molecule has 1 nitrogen and oxygen atoms in total. The maximum atomic E-state index is 10.4. The van der Waals surface area contributed by atoms with Gasteiger partial charge in [-0.1, -0.05) is 31.6 Å². The molecule has 0 radical (unpaired) electrons. The van der Waals surface area contributed by atoms with Crippen molar-refractivity contribution in [1.82, 2.24) is 0 Å². The van der Waals surface area contributed by atoms with E-state index in [0.29, 0.717) is 0 Å². The van der Waals surface area contributed by atoms with Crippen LogP contribution in [0.15, 0.2) is 24.3 Å². The minimum atomic E-state index is 0.0983. The Hall–Kier alpha value is -0.850. The highest BCUT2D eigenvalue weighted by Crippen LogP contribution is 1.88. The predicted octanol–water partition coefficient (Wildman–Crippen LogP) is 2.49. The van der Waals surface area contributed by atoms with Crippen LogP contribution in [0.2, 0.25) is 0 Å². The van der Waals surface area contributed by atoms with E-state index in [1.165, 1.54) is 0 Å². The summed E-state index contributed by atoms with van der Waals surface area (Å²) in [5.41, 5.74) is 0. The Morgan fingerprint density at radius 3 is 2.60 bits per heavy atom. The second-order valence-electron chi connectivity index (χ2n) is 2.19. The molecule has 0 aliphatic heterocycles. The van der Waals surface area contributed by atoms with Crippen LogP contribution < -0.4 is 0 Å². The lowest BCUT2D eigenvalue weighted by Gasteiger charge is -1.79. The normalized spacial score (nSPS) is 11.4. The first-order valence-electron chi connectivity index (χ1n) is 3.61. The number of hydrogen-bond donors (Lipinski definition) is 0. The fourth-order valence-corrected chi connectivity index (χ4v) is 0.533. The molecular weight excluding hydrogens is 124 g/mol. The van der Waals surface area contributed by atoms with Gasteiger partial charge >= 0.3 is 0 Å². The van der Waals surface area contributed by atoms with E-state index < -0.39 is 0 Å². The van der Waals surface area contributed by atoms with Crippen molar-refractivity contribution < 1.29 is 4.79 Å². The lowest BCUT2D eigenvalue weighted by Crippen LogP contribution is -1.77. The van der Waals surface area contributed by atoms with Gasteiger partial charge < -0.3 is 0 Å². The molecule has 0 saturated heterocycles. The molecule has 0 aromatic rings. The molecule has 0 N–H and O–H groups in total. The first-order valence-corrected chi connectivity index (χ1v) is 3.61. The van der Waals surface area contributed by atoms with Gasteiger partial charge in [0.25, 0.3) is 0 Å². The fourth-order valence-electron chi connectivity index (χ4n) is 0.533. The Morgan fingerprint density at radius 2 is 2.10 bits per heavy atom. The second-order valence-corrected chi connectivity index (χ2v) is 2.19. The van der Waals surface area contributed by atoms with E-state index in [0.717, 1.165) is 12.8 Å². The number of rotatable bonds is 4. The molecule has 0 unspecified atom stereocenters. The molecular formula is C9H14O. The summed E-state index contributed by atoms with van der Waals surface area (Å²) in [6.45, 7) is 3.67. The molecule has 0 bridgehead atoms. The zero-order valence-electron chi connectivity index (χ0n) is 6.63. The second kappa shape index (κ2) is 6.27. The molecule has 0 aliphatic carbocycles. The van der Waals surface area contributed by atoms with Crippen molar-refractivity contribution in [2.24, 2.45) is 0 Å². The molecule has 0 fully saturated rings. The van der Waals surface area contributed by atoms with E-state index in [1.54, 1.807) is 19.1 Å². The average Bonchev–Trinajstić information content (AvgIpc) is 1.87. The molecule has 1 heteroatoms. The van der Waals surface area contributed by atoms with Gasteiger partial charge in [-0.25, -0.2) is 0 Å². The maximum Gasteiger partial charge on any atom is 0.152 e. The van der Waals surface area contributed by atoms with E-state index in [-0.39, 0.29) is 5.78 Å². The summed E-state index contributed by atoms with van der Waals surface area (Å²) in [5, 5.41) is 0. The monoisotopic (exact) mass is 138 g/mol. The van der Waals surface area contributed by atoms with Crippen molar-refractivity contribution in [1.29, 1.82) is 0 Å². The van der Waals surface area contributed by atoms with Crippen LogP contribution in [0.25, 0.3) is 0 Å². The van der Waals surface area contributed by atoms with Crippen molar-refractivity contribution in [2.75, 3.05) is 0 Å². The van der Waals surface area contributed by atoms with Crippen LogP contribution in [0.5, 0.6) is 0 Å². The van der Waals surface area contributed by atoms with Crippen LogP contribution in [0.3, 0.4) is 0 Å². The van der Waals surface area contributed by atoms with Crippen molar-refractivity contribution in [3.63, 3.8) is 0 Å². The Balaban J connectivity index is 3.42. The smallest absolute Gasteiger partial charge is 0.152 e. The number of unbranched alkanes of at least 4 members (excludes halogenated alkanes) is 1. The molecule has 0 rings (SSSR count). The number of hydrogen-bond acceptors (Lipinski definition) is 1. The molecule has 0 amide bonds. The topological polar surface area (TPSA) is 17.1 Å². The van der Waals surface area contributed by atoms with E-state index >= 15 is 0 Å². The highest BCUT2D eigenvalue weighted by molar-refractivity contribution is 5.87. The summed E-state index contributed by atoms with van der Waals surface area (Å²) in [4.78, 5) is 10.4. The van der Waals surface area contributed by atoms with Gasteiger partial charge in [0.05, 0.1) is 0 Å². The van der Waals surface area contributed by atoms with Gasteiger partial charge in [-0.2, -0.15) is 0 Å². The zero-order chi connectivity index (χ0) is 7.82. The first kappa shape index (κ1) is 9.15. The third kappa shape index (κ3) is 7.15. The number of allylic oxidation sites excluding steroid dienone is 4. The van der Waals surface area contributed by atoms with Crippen LogP contribution in [-0.2, 0) is 4.79 Å². The molecule has 0 aromatic carbocycles. The molecule has 0 heterocycles. The van der Waals surface area contributed by atoms with Crippen LogP contribution in [0.1, 0.15) is 26.7 Å². The predicted molar refractivity (Wildman–Crippen MR) is 43.9 cm³/mol. The maximum absolute atomic E-state index is 10.4. The van der Waals surface area contributed by atoms with Gasteiger partial charge in [-0.3, -0.25) is 4.79 Å². The highest BCUT2D eigenvalue weighted by Gasteiger charge is 1.76. The van der Waals surface area contributed by atoms with Crippen molar-refractivity contribution in [3.8, 4) is 0 Å². The molecule has 0 saturated carbocycles. The number of ketones is 1. The lowest BCUT2D eigenvalue weighted by atomic mass is 10.3. The van der Waals surface area contributed by atoms with E-state index in [9.17, 15) is 4.79 Å². The van der Waals surface area contributed by atoms with Crippen LogP contribution in [0.4, 0.5) is 0 Å². The highest BCUT2D eigenvalue weighted by atomic mass is 16.1. The van der Waals surface area contributed by atoms with E-state index in [2.05, 4.69) is 13.0 Å². The quantitative estimate of drug-likeness (QED) is 0.431. The molecule has 0 aliphatic rings. The Labute approximate surface area is 62.4 Å². The number of carbonyl (C=O) groups excluding carboxylic acids is 1. The molecule has 10 heavy (non-hydrogen) atoms. The molecule has 0 spiro atoms. The van der Waals surface area contributed by atoms with Gasteiger partial charge in [0.2, 0.25) is 0 Å². The minimum absolute atomic E-state index is 0.0983. The van der Waals surface area contributed by atoms with Gasteiger partial charge in [0.1, 0.15) is 0 Å². The average molecular weight is 138 g/mol. The zero-order valence-corrected chi connectivity index (χ0v) is 6.63.